The number of alkyl halides is 1. The zero-order valence-electron chi connectivity index (χ0n) is 4.39. The van der Waals surface area contributed by atoms with Crippen LogP contribution in [0.4, 0.5) is 0 Å². The molecule has 0 saturated carbocycles. The third-order valence-corrected chi connectivity index (χ3v) is 3.01. The quantitative estimate of drug-likeness (QED) is 0.325. The van der Waals surface area contributed by atoms with Crippen molar-refractivity contribution in [2.45, 2.75) is 17.3 Å². The summed E-state index contributed by atoms with van der Waals surface area (Å²) >= 11 is 2.50. The summed E-state index contributed by atoms with van der Waals surface area (Å²) in [6.45, 7) is 2.26. The molecule has 0 heterocycles. The van der Waals surface area contributed by atoms with Gasteiger partial charge < -0.3 is 0 Å². The maximum atomic E-state index is 2.50. The van der Waals surface area contributed by atoms with Crippen molar-refractivity contribution in [3.05, 3.63) is 12.2 Å². The van der Waals surface area contributed by atoms with E-state index in [4.69, 9.17) is 0 Å². The van der Waals surface area contributed by atoms with Crippen LogP contribution in [-0.4, -0.2) is 3.92 Å². The van der Waals surface area contributed by atoms with E-state index in [0.29, 0.717) is 0 Å². The highest BCUT2D eigenvalue weighted by molar-refractivity contribution is 14.1. The summed E-state index contributed by atoms with van der Waals surface area (Å²) in [4.78, 5) is 0. The Morgan fingerprint density at radius 1 is 1.71 bits per heavy atom. The Hall–Kier alpha value is 0.470. The molecule has 0 bridgehead atoms. The molecule has 0 unspecified atom stereocenters. The third-order valence-electron chi connectivity index (χ3n) is 1.37. The van der Waals surface area contributed by atoms with Gasteiger partial charge in [-0.3, -0.25) is 0 Å². The molecule has 0 aromatic carbocycles. The van der Waals surface area contributed by atoms with Crippen LogP contribution in [0.25, 0.3) is 0 Å². The van der Waals surface area contributed by atoms with Crippen LogP contribution in [0, 0.1) is 5.92 Å². The largest absolute Gasteiger partial charge is 0.0872 e. The Morgan fingerprint density at radius 3 is 2.57 bits per heavy atom. The van der Waals surface area contributed by atoms with Gasteiger partial charge in [0.15, 0.2) is 0 Å². The van der Waals surface area contributed by atoms with E-state index in [1.54, 1.807) is 0 Å². The lowest BCUT2D eigenvalue weighted by Gasteiger charge is -2.02. The van der Waals surface area contributed by atoms with E-state index in [2.05, 4.69) is 41.7 Å². The van der Waals surface area contributed by atoms with Crippen molar-refractivity contribution in [2.24, 2.45) is 5.92 Å². The van der Waals surface area contributed by atoms with Crippen molar-refractivity contribution in [1.29, 1.82) is 0 Å². The van der Waals surface area contributed by atoms with E-state index >= 15 is 0 Å². The van der Waals surface area contributed by atoms with Crippen LogP contribution in [0.2, 0.25) is 0 Å². The number of hydrogen-bond acceptors (Lipinski definition) is 0. The minimum Gasteiger partial charge on any atom is -0.0872 e. The average molecular weight is 208 g/mol. The first-order valence-corrected chi connectivity index (χ1v) is 3.86. The monoisotopic (exact) mass is 208 g/mol. The predicted molar refractivity (Wildman–Crippen MR) is 40.7 cm³/mol. The van der Waals surface area contributed by atoms with E-state index in [1.165, 1.54) is 6.42 Å². The topological polar surface area (TPSA) is 0 Å². The minimum atomic E-state index is 0.820. The van der Waals surface area contributed by atoms with Crippen LogP contribution >= 0.6 is 22.6 Å². The van der Waals surface area contributed by atoms with Crippen molar-refractivity contribution in [1.82, 2.24) is 0 Å². The number of rotatable bonds is 0. The van der Waals surface area contributed by atoms with Gasteiger partial charge in [0.1, 0.15) is 0 Å². The second kappa shape index (κ2) is 2.16. The lowest BCUT2D eigenvalue weighted by Crippen LogP contribution is -1.99. The normalized spacial score (nSPS) is 39.7. The molecule has 1 heteroatoms. The molecule has 0 aromatic rings. The standard InChI is InChI=1S/C6H9I/c1-5-3-2-4-6(5)7/h2-3,5-6H,4H2,1H3/t5-,6-/m1/s1. The molecule has 0 spiro atoms. The van der Waals surface area contributed by atoms with Gasteiger partial charge in [-0.15, -0.1) is 0 Å². The molecule has 7 heavy (non-hydrogen) atoms. The number of halogens is 1. The Labute approximate surface area is 58.1 Å². The van der Waals surface area contributed by atoms with Crippen LogP contribution in [0.15, 0.2) is 12.2 Å². The maximum absolute atomic E-state index is 2.50. The van der Waals surface area contributed by atoms with Crippen LogP contribution in [0.5, 0.6) is 0 Å². The number of allylic oxidation sites excluding steroid dienone is 2. The van der Waals surface area contributed by atoms with Gasteiger partial charge in [-0.25, -0.2) is 0 Å². The SMILES string of the molecule is C[C@@H]1C=CC[C@H]1I. The van der Waals surface area contributed by atoms with Crippen LogP contribution in [0.3, 0.4) is 0 Å². The van der Waals surface area contributed by atoms with Gasteiger partial charge in [0.05, 0.1) is 0 Å². The Bertz CT molecular complexity index is 86.2. The summed E-state index contributed by atoms with van der Waals surface area (Å²) in [6, 6.07) is 0. The van der Waals surface area contributed by atoms with Gasteiger partial charge >= 0.3 is 0 Å². The molecule has 0 saturated heterocycles. The van der Waals surface area contributed by atoms with Gasteiger partial charge in [0.2, 0.25) is 0 Å². The second-order valence-corrected chi connectivity index (χ2v) is 3.64. The third kappa shape index (κ3) is 1.18. The average Bonchev–Trinajstić information content (AvgIpc) is 1.91. The van der Waals surface area contributed by atoms with E-state index in [9.17, 15) is 0 Å². The molecule has 2 atom stereocenters. The molecule has 0 radical (unpaired) electrons. The molecule has 0 nitrogen and oxygen atoms in total. The highest BCUT2D eigenvalue weighted by atomic mass is 127. The van der Waals surface area contributed by atoms with Gasteiger partial charge in [-0.1, -0.05) is 41.7 Å². The van der Waals surface area contributed by atoms with Crippen molar-refractivity contribution in [3.63, 3.8) is 0 Å². The van der Waals surface area contributed by atoms with Gasteiger partial charge in [-0.05, 0) is 12.3 Å². The molecular weight excluding hydrogens is 199 g/mol. The van der Waals surface area contributed by atoms with Crippen molar-refractivity contribution in [2.75, 3.05) is 0 Å². The summed E-state index contributed by atoms with van der Waals surface area (Å²) in [5.74, 6) is 0.820. The van der Waals surface area contributed by atoms with Crippen LogP contribution in [-0.2, 0) is 0 Å². The highest BCUT2D eigenvalue weighted by Gasteiger charge is 2.13. The van der Waals surface area contributed by atoms with Crippen molar-refractivity contribution < 1.29 is 0 Å². The second-order valence-electron chi connectivity index (χ2n) is 2.04. The van der Waals surface area contributed by atoms with E-state index in [0.717, 1.165) is 9.84 Å². The summed E-state index contributed by atoms with van der Waals surface area (Å²) < 4.78 is 0.873. The van der Waals surface area contributed by atoms with Gasteiger partial charge in [-0.2, -0.15) is 0 Å². The first kappa shape index (κ1) is 5.60. The van der Waals surface area contributed by atoms with Crippen LogP contribution < -0.4 is 0 Å². The van der Waals surface area contributed by atoms with E-state index in [-0.39, 0.29) is 0 Å². The van der Waals surface area contributed by atoms with Gasteiger partial charge in [0.25, 0.3) is 0 Å². The summed E-state index contributed by atoms with van der Waals surface area (Å²) in [5.41, 5.74) is 0. The molecule has 40 valence electrons. The fraction of sp³-hybridized carbons (Fsp3) is 0.667. The first-order valence-electron chi connectivity index (χ1n) is 2.61. The Morgan fingerprint density at radius 2 is 2.43 bits per heavy atom. The molecule has 0 aromatic heterocycles. The zero-order chi connectivity index (χ0) is 5.28. The molecule has 0 N–H and O–H groups in total. The predicted octanol–water partition coefficient (Wildman–Crippen LogP) is 2.39. The minimum absolute atomic E-state index is 0.820. The first-order chi connectivity index (χ1) is 3.30. The van der Waals surface area contributed by atoms with E-state index < -0.39 is 0 Å². The molecule has 0 amide bonds. The van der Waals surface area contributed by atoms with Crippen LogP contribution in [0.1, 0.15) is 13.3 Å². The molecule has 1 rings (SSSR count). The fourth-order valence-corrected chi connectivity index (χ4v) is 1.29. The fourth-order valence-electron chi connectivity index (χ4n) is 0.758. The molecule has 1 aliphatic rings. The Balaban J connectivity index is 2.45. The highest BCUT2D eigenvalue weighted by Crippen LogP contribution is 2.24. The molecule has 0 fully saturated rings. The number of hydrogen-bond donors (Lipinski definition) is 0. The lowest BCUT2D eigenvalue weighted by atomic mass is 10.2. The zero-order valence-corrected chi connectivity index (χ0v) is 6.55. The lowest BCUT2D eigenvalue weighted by molar-refractivity contribution is 0.744. The molecule has 1 aliphatic carbocycles. The van der Waals surface area contributed by atoms with Crippen molar-refractivity contribution in [3.8, 4) is 0 Å². The van der Waals surface area contributed by atoms with Gasteiger partial charge in [0, 0.05) is 3.92 Å². The smallest absolute Gasteiger partial charge is 0.0204 e. The maximum Gasteiger partial charge on any atom is 0.0204 e. The molecular formula is C6H9I. The van der Waals surface area contributed by atoms with E-state index in [1.807, 2.05) is 0 Å². The summed E-state index contributed by atoms with van der Waals surface area (Å²) in [5, 5.41) is 0. The Kier molecular flexibility index (Phi) is 1.73. The molecule has 0 aliphatic heterocycles. The van der Waals surface area contributed by atoms with Crippen molar-refractivity contribution >= 4 is 22.6 Å². The summed E-state index contributed by atoms with van der Waals surface area (Å²) in [7, 11) is 0. The summed E-state index contributed by atoms with van der Waals surface area (Å²) in [6.07, 6.45) is 5.83.